The molecule has 0 saturated carbocycles. The second-order valence-electron chi connectivity index (χ2n) is 6.64. The molecule has 0 unspecified atom stereocenters. The first kappa shape index (κ1) is 17.9. The van der Waals surface area contributed by atoms with Crippen LogP contribution >= 0.6 is 0 Å². The van der Waals surface area contributed by atoms with E-state index in [2.05, 4.69) is 67.6 Å². The van der Waals surface area contributed by atoms with Gasteiger partial charge in [0.1, 0.15) is 0 Å². The molecule has 0 aliphatic carbocycles. The highest BCUT2D eigenvalue weighted by molar-refractivity contribution is 5.92. The summed E-state index contributed by atoms with van der Waals surface area (Å²) in [4.78, 5) is 12.0. The van der Waals surface area contributed by atoms with Gasteiger partial charge >= 0.3 is 0 Å². The summed E-state index contributed by atoms with van der Waals surface area (Å²) < 4.78 is 0. The standard InChI is InChI=1S/C19H26N4O/c1-12(2)8-9-20-19(24)16-6-7-17(23-22-16)21-18-14(4)10-13(3)11-15(18)5/h6-7,10-12H,8-9H2,1-5H3,(H,20,24)(H,21,23). The number of aryl methyl sites for hydroxylation is 3. The molecule has 1 aromatic carbocycles. The van der Waals surface area contributed by atoms with Gasteiger partial charge in [0.25, 0.3) is 5.91 Å². The lowest BCUT2D eigenvalue weighted by atomic mass is 10.1. The van der Waals surface area contributed by atoms with Crippen molar-refractivity contribution in [2.24, 2.45) is 5.92 Å². The van der Waals surface area contributed by atoms with Gasteiger partial charge in [-0.25, -0.2) is 0 Å². The molecule has 5 nitrogen and oxygen atoms in total. The highest BCUT2D eigenvalue weighted by atomic mass is 16.1. The molecule has 2 rings (SSSR count). The Hall–Kier alpha value is -2.43. The Labute approximate surface area is 143 Å². The fourth-order valence-corrected chi connectivity index (χ4v) is 2.59. The third kappa shape index (κ3) is 4.78. The zero-order chi connectivity index (χ0) is 17.7. The molecule has 2 N–H and O–H groups in total. The zero-order valence-electron chi connectivity index (χ0n) is 15.1. The minimum Gasteiger partial charge on any atom is -0.351 e. The molecule has 1 amide bonds. The van der Waals surface area contributed by atoms with Crippen molar-refractivity contribution < 1.29 is 4.79 Å². The van der Waals surface area contributed by atoms with Crippen molar-refractivity contribution in [3.63, 3.8) is 0 Å². The van der Waals surface area contributed by atoms with Crippen molar-refractivity contribution in [1.82, 2.24) is 15.5 Å². The summed E-state index contributed by atoms with van der Waals surface area (Å²) in [7, 11) is 0. The van der Waals surface area contributed by atoms with Crippen LogP contribution in [0.2, 0.25) is 0 Å². The largest absolute Gasteiger partial charge is 0.351 e. The highest BCUT2D eigenvalue weighted by Crippen LogP contribution is 2.24. The monoisotopic (exact) mass is 326 g/mol. The van der Waals surface area contributed by atoms with Crippen LogP contribution in [0, 0.1) is 26.7 Å². The summed E-state index contributed by atoms with van der Waals surface area (Å²) in [5.41, 5.74) is 4.91. The smallest absolute Gasteiger partial charge is 0.271 e. The molecule has 0 saturated heterocycles. The number of amides is 1. The lowest BCUT2D eigenvalue weighted by molar-refractivity contribution is 0.0946. The molecule has 0 aliphatic rings. The average Bonchev–Trinajstić information content (AvgIpc) is 2.51. The molecular weight excluding hydrogens is 300 g/mol. The maximum atomic E-state index is 12.0. The van der Waals surface area contributed by atoms with Crippen molar-refractivity contribution in [3.05, 3.63) is 46.6 Å². The van der Waals surface area contributed by atoms with Crippen molar-refractivity contribution in [3.8, 4) is 0 Å². The molecule has 0 fully saturated rings. The van der Waals surface area contributed by atoms with Crippen LogP contribution < -0.4 is 10.6 Å². The Balaban J connectivity index is 2.03. The van der Waals surface area contributed by atoms with Crippen LogP contribution in [0.15, 0.2) is 24.3 Å². The van der Waals surface area contributed by atoms with E-state index in [0.717, 1.165) is 23.2 Å². The van der Waals surface area contributed by atoms with Crippen molar-refractivity contribution in [2.75, 3.05) is 11.9 Å². The van der Waals surface area contributed by atoms with E-state index in [4.69, 9.17) is 0 Å². The van der Waals surface area contributed by atoms with Gasteiger partial charge in [-0.15, -0.1) is 10.2 Å². The quantitative estimate of drug-likeness (QED) is 0.844. The molecule has 24 heavy (non-hydrogen) atoms. The van der Waals surface area contributed by atoms with Crippen LogP contribution in [0.5, 0.6) is 0 Å². The molecule has 0 bridgehead atoms. The summed E-state index contributed by atoms with van der Waals surface area (Å²) in [5.74, 6) is 1.00. The fraction of sp³-hybridized carbons (Fsp3) is 0.421. The van der Waals surface area contributed by atoms with Gasteiger partial charge in [0.15, 0.2) is 11.5 Å². The number of rotatable bonds is 6. The van der Waals surface area contributed by atoms with Crippen LogP contribution in [0.3, 0.4) is 0 Å². The lowest BCUT2D eigenvalue weighted by Crippen LogP contribution is -2.26. The molecule has 0 aliphatic heterocycles. The molecule has 1 heterocycles. The van der Waals surface area contributed by atoms with E-state index in [0.29, 0.717) is 24.0 Å². The first-order chi connectivity index (χ1) is 11.4. The number of carbonyl (C=O) groups excluding carboxylic acids is 1. The number of anilines is 2. The molecule has 0 radical (unpaired) electrons. The van der Waals surface area contributed by atoms with E-state index < -0.39 is 0 Å². The van der Waals surface area contributed by atoms with Gasteiger partial charge < -0.3 is 10.6 Å². The molecule has 5 heteroatoms. The van der Waals surface area contributed by atoms with Gasteiger partial charge in [-0.1, -0.05) is 31.5 Å². The maximum Gasteiger partial charge on any atom is 0.271 e. The van der Waals surface area contributed by atoms with Crippen LogP contribution in [0.1, 0.15) is 47.4 Å². The van der Waals surface area contributed by atoms with E-state index in [1.165, 1.54) is 5.56 Å². The fourth-order valence-electron chi connectivity index (χ4n) is 2.59. The number of hydrogen-bond acceptors (Lipinski definition) is 4. The summed E-state index contributed by atoms with van der Waals surface area (Å²) >= 11 is 0. The number of carbonyl (C=O) groups is 1. The SMILES string of the molecule is Cc1cc(C)c(Nc2ccc(C(=O)NCCC(C)C)nn2)c(C)c1. The van der Waals surface area contributed by atoms with Crippen LogP contribution in [0.25, 0.3) is 0 Å². The second kappa shape index (κ2) is 7.90. The second-order valence-corrected chi connectivity index (χ2v) is 6.64. The molecule has 128 valence electrons. The molecule has 0 spiro atoms. The van der Waals surface area contributed by atoms with E-state index in [-0.39, 0.29) is 5.91 Å². The Morgan fingerprint density at radius 2 is 1.75 bits per heavy atom. The summed E-state index contributed by atoms with van der Waals surface area (Å²) in [6, 6.07) is 7.72. The molecule has 1 aromatic heterocycles. The predicted molar refractivity (Wildman–Crippen MR) is 97.8 cm³/mol. The van der Waals surface area contributed by atoms with E-state index in [1.54, 1.807) is 12.1 Å². The average molecular weight is 326 g/mol. The normalized spacial score (nSPS) is 10.8. The van der Waals surface area contributed by atoms with Crippen LogP contribution in [0.4, 0.5) is 11.5 Å². The zero-order valence-corrected chi connectivity index (χ0v) is 15.1. The summed E-state index contributed by atoms with van der Waals surface area (Å²) in [5, 5.41) is 14.3. The number of benzene rings is 1. The van der Waals surface area contributed by atoms with Gasteiger partial charge in [-0.2, -0.15) is 0 Å². The van der Waals surface area contributed by atoms with Crippen molar-refractivity contribution >= 4 is 17.4 Å². The third-order valence-electron chi connectivity index (χ3n) is 3.83. The minimum absolute atomic E-state index is 0.183. The Morgan fingerprint density at radius 1 is 1.08 bits per heavy atom. The topological polar surface area (TPSA) is 66.9 Å². The molecule has 2 aromatic rings. The van der Waals surface area contributed by atoms with Gasteiger partial charge in [0, 0.05) is 12.2 Å². The van der Waals surface area contributed by atoms with Gasteiger partial charge in [0.05, 0.1) is 0 Å². The minimum atomic E-state index is -0.183. The van der Waals surface area contributed by atoms with Gasteiger partial charge in [-0.05, 0) is 56.4 Å². The van der Waals surface area contributed by atoms with Crippen LogP contribution in [-0.2, 0) is 0 Å². The number of nitrogens with one attached hydrogen (secondary N) is 2. The van der Waals surface area contributed by atoms with Crippen molar-refractivity contribution in [1.29, 1.82) is 0 Å². The Bertz CT molecular complexity index is 685. The highest BCUT2D eigenvalue weighted by Gasteiger charge is 2.09. The molecular formula is C19H26N4O. The van der Waals surface area contributed by atoms with Crippen molar-refractivity contribution in [2.45, 2.75) is 41.0 Å². The van der Waals surface area contributed by atoms with E-state index >= 15 is 0 Å². The number of aromatic nitrogens is 2. The predicted octanol–water partition coefficient (Wildman–Crippen LogP) is 3.92. The van der Waals surface area contributed by atoms with E-state index in [1.807, 2.05) is 0 Å². The Kier molecular flexibility index (Phi) is 5.90. The third-order valence-corrected chi connectivity index (χ3v) is 3.83. The number of hydrogen-bond donors (Lipinski definition) is 2. The first-order valence-electron chi connectivity index (χ1n) is 8.33. The van der Waals surface area contributed by atoms with Gasteiger partial charge in [0.2, 0.25) is 0 Å². The molecule has 0 atom stereocenters. The maximum absolute atomic E-state index is 12.0. The van der Waals surface area contributed by atoms with Gasteiger partial charge in [-0.3, -0.25) is 4.79 Å². The number of nitrogens with zero attached hydrogens (tertiary/aromatic N) is 2. The Morgan fingerprint density at radius 3 is 2.29 bits per heavy atom. The van der Waals surface area contributed by atoms with E-state index in [9.17, 15) is 4.79 Å². The lowest BCUT2D eigenvalue weighted by Gasteiger charge is -2.13. The first-order valence-corrected chi connectivity index (χ1v) is 8.33. The summed E-state index contributed by atoms with van der Waals surface area (Å²) in [6.07, 6.45) is 0.949. The van der Waals surface area contributed by atoms with Crippen LogP contribution in [-0.4, -0.2) is 22.6 Å². The summed E-state index contributed by atoms with van der Waals surface area (Å²) in [6.45, 7) is 11.1.